The van der Waals surface area contributed by atoms with E-state index in [4.69, 9.17) is 24.7 Å². The summed E-state index contributed by atoms with van der Waals surface area (Å²) in [5, 5.41) is 11.2. The van der Waals surface area contributed by atoms with Crippen LogP contribution >= 0.6 is 0 Å². The van der Waals surface area contributed by atoms with Crippen molar-refractivity contribution >= 4 is 41.7 Å². The highest BCUT2D eigenvalue weighted by Gasteiger charge is 2.37. The maximum Gasteiger partial charge on any atom is 0.410 e. The summed E-state index contributed by atoms with van der Waals surface area (Å²) < 4.78 is 23.2. The quantitative estimate of drug-likeness (QED) is 0.0267. The van der Waals surface area contributed by atoms with Crippen molar-refractivity contribution in [3.05, 3.63) is 47.2 Å². The fraction of sp³-hybridized carbons (Fsp3) is 0.717. The largest absolute Gasteiger partial charge is 0.495 e. The monoisotopic (exact) mass is 998 g/mol. The number of allylic oxidation sites excluding steroid dienone is 1. The zero-order valence-corrected chi connectivity index (χ0v) is 44.2. The Morgan fingerprint density at radius 1 is 0.803 bits per heavy atom. The Morgan fingerprint density at radius 3 is 2.07 bits per heavy atom. The summed E-state index contributed by atoms with van der Waals surface area (Å²) in [7, 11) is 1.57. The van der Waals surface area contributed by atoms with Crippen molar-refractivity contribution in [1.29, 1.82) is 0 Å². The van der Waals surface area contributed by atoms with E-state index in [0.717, 1.165) is 56.9 Å². The van der Waals surface area contributed by atoms with Gasteiger partial charge < -0.3 is 55.7 Å². The number of nitrogens with two attached hydrogens (primary N) is 1. The van der Waals surface area contributed by atoms with Gasteiger partial charge in [0.15, 0.2) is 0 Å². The van der Waals surface area contributed by atoms with Crippen LogP contribution in [-0.2, 0) is 49.5 Å². The first-order chi connectivity index (χ1) is 33.7. The Labute approximate surface area is 423 Å². The molecule has 0 radical (unpaired) electrons. The first-order valence-corrected chi connectivity index (χ1v) is 26.1. The number of nitrogens with one attached hydrogen (secondary N) is 4. The summed E-state index contributed by atoms with van der Waals surface area (Å²) >= 11 is 0. The summed E-state index contributed by atoms with van der Waals surface area (Å²) in [6.07, 6.45) is 10.2. The number of ether oxygens (including phenoxy) is 4. The number of unbranched alkanes of at least 4 members (excludes halogenated alkanes) is 3. The van der Waals surface area contributed by atoms with Crippen LogP contribution in [0, 0.1) is 11.8 Å². The van der Waals surface area contributed by atoms with Crippen LogP contribution in [0.3, 0.4) is 0 Å². The molecule has 1 heterocycles. The second-order valence-corrected chi connectivity index (χ2v) is 20.3. The van der Waals surface area contributed by atoms with Gasteiger partial charge >= 0.3 is 12.2 Å². The van der Waals surface area contributed by atoms with Gasteiger partial charge in [-0.3, -0.25) is 24.0 Å². The van der Waals surface area contributed by atoms with Gasteiger partial charge in [0.1, 0.15) is 42.7 Å². The van der Waals surface area contributed by atoms with Crippen molar-refractivity contribution in [1.82, 2.24) is 31.1 Å². The molecule has 1 saturated heterocycles. The number of carbonyl (C=O) groups is 7. The number of alkyl carbamates (subject to hydrolysis) is 1. The Kier molecular flexibility index (Phi) is 26.3. The number of nitrogens with zero attached hydrogens (tertiary/aromatic N) is 2. The smallest absolute Gasteiger partial charge is 0.410 e. The van der Waals surface area contributed by atoms with Crippen molar-refractivity contribution < 1.29 is 52.5 Å². The van der Waals surface area contributed by atoms with Crippen LogP contribution in [0.15, 0.2) is 41.7 Å². The van der Waals surface area contributed by atoms with Crippen LogP contribution < -0.4 is 27.0 Å². The van der Waals surface area contributed by atoms with Crippen molar-refractivity contribution in [2.75, 3.05) is 39.9 Å². The Hall–Kier alpha value is -5.39. The second-order valence-electron chi connectivity index (χ2n) is 20.3. The van der Waals surface area contributed by atoms with Crippen LogP contribution in [0.4, 0.5) is 9.59 Å². The minimum Gasteiger partial charge on any atom is -0.495 e. The number of rotatable bonds is 27. The third-order valence-corrected chi connectivity index (χ3v) is 12.9. The standard InChI is InChI=1S/C53H87N7O11/c1-10-12-13-21-27-44(69-34-37(4)56-47(62)36(3)33-68-41-28-30-60(31-29-41)52(67)71-53(6,7)8)38(5)50(65)59(9)43(22-11-2)48(63)58-45(40-25-19-14-15-20-26-40)49(64)57-42(46(54)61)32-55-51(66)70-35-39-23-17-16-18-24-39/h16-18,23-24,36-37,40-43,45H,10-15,19-22,25-35H2,1-9H3,(H2,54,61)(H,55,66)(H,56,62)(H,57,64)(H,58,63)/b44-38-/t36-,37+,42-,43-,45-/m0/s1. The molecule has 7 amide bonds. The van der Waals surface area contributed by atoms with E-state index in [-0.39, 0.29) is 50.4 Å². The molecule has 2 fully saturated rings. The molecule has 18 heteroatoms. The second kappa shape index (κ2) is 31.2. The molecule has 6 N–H and O–H groups in total. The predicted molar refractivity (Wildman–Crippen MR) is 271 cm³/mol. The summed E-state index contributed by atoms with van der Waals surface area (Å²) in [5.74, 6) is -2.81. The minimum atomic E-state index is -1.29. The summed E-state index contributed by atoms with van der Waals surface area (Å²) in [5.41, 5.74) is 6.25. The van der Waals surface area contributed by atoms with E-state index in [1.165, 1.54) is 4.90 Å². The highest BCUT2D eigenvalue weighted by Crippen LogP contribution is 2.27. The Morgan fingerprint density at radius 2 is 1.46 bits per heavy atom. The van der Waals surface area contributed by atoms with E-state index in [1.54, 1.807) is 37.9 Å². The summed E-state index contributed by atoms with van der Waals surface area (Å²) in [4.78, 5) is 96.9. The maximum atomic E-state index is 14.4. The average molecular weight is 998 g/mol. The fourth-order valence-corrected chi connectivity index (χ4v) is 8.65. The Balaban J connectivity index is 1.68. The number of hydrogen-bond acceptors (Lipinski definition) is 11. The van der Waals surface area contributed by atoms with Crippen LogP contribution in [0.1, 0.15) is 157 Å². The van der Waals surface area contributed by atoms with E-state index in [1.807, 2.05) is 52.8 Å². The van der Waals surface area contributed by atoms with Gasteiger partial charge in [0.05, 0.1) is 36.8 Å². The fourth-order valence-electron chi connectivity index (χ4n) is 8.65. The minimum absolute atomic E-state index is 0.00704. The lowest BCUT2D eigenvalue weighted by Crippen LogP contribution is -2.60. The summed E-state index contributed by atoms with van der Waals surface area (Å²) in [6, 6.07) is 5.39. The number of hydrogen-bond donors (Lipinski definition) is 5. The molecule has 1 aliphatic heterocycles. The van der Waals surface area contributed by atoms with E-state index in [9.17, 15) is 33.6 Å². The molecule has 0 spiro atoms. The van der Waals surface area contributed by atoms with Crippen LogP contribution in [0.2, 0.25) is 0 Å². The molecule has 18 nitrogen and oxygen atoms in total. The molecular weight excluding hydrogens is 911 g/mol. The molecule has 0 aromatic heterocycles. The first kappa shape index (κ1) is 59.9. The molecule has 400 valence electrons. The SMILES string of the molecule is CCCCCC/C(OC[C@@H](C)NC(=O)[C@@H](C)COC1CCN(C(=O)OC(C)(C)C)CC1)=C(\C)C(=O)N(C)[C@@H](CCC)C(=O)N[C@H](C(=O)N[C@@H](CNC(=O)OCc1ccccc1)C(N)=O)C1CCCCCC1. The van der Waals surface area contributed by atoms with E-state index in [2.05, 4.69) is 28.2 Å². The average Bonchev–Trinajstić information content (AvgIpc) is 3.63. The first-order valence-electron chi connectivity index (χ1n) is 26.1. The van der Waals surface area contributed by atoms with Gasteiger partial charge in [0, 0.05) is 26.6 Å². The van der Waals surface area contributed by atoms with Crippen LogP contribution in [0.5, 0.6) is 0 Å². The summed E-state index contributed by atoms with van der Waals surface area (Å²) in [6.45, 7) is 15.9. The third kappa shape index (κ3) is 21.9. The molecule has 1 aromatic carbocycles. The number of piperidine rings is 1. The molecule has 1 aromatic rings. The maximum absolute atomic E-state index is 14.4. The lowest BCUT2D eigenvalue weighted by molar-refractivity contribution is -0.139. The molecule has 71 heavy (non-hydrogen) atoms. The topological polar surface area (TPSA) is 237 Å². The van der Waals surface area contributed by atoms with Crippen LogP contribution in [0.25, 0.3) is 0 Å². The molecule has 0 bridgehead atoms. The van der Waals surface area contributed by atoms with Crippen molar-refractivity contribution in [3.8, 4) is 0 Å². The normalized spacial score (nSPS) is 17.2. The number of carbonyl (C=O) groups excluding carboxylic acids is 7. The molecule has 0 unspecified atom stereocenters. The van der Waals surface area contributed by atoms with E-state index < -0.39 is 65.4 Å². The van der Waals surface area contributed by atoms with Crippen molar-refractivity contribution in [3.63, 3.8) is 0 Å². The van der Waals surface area contributed by atoms with Gasteiger partial charge in [0.2, 0.25) is 23.6 Å². The number of likely N-dealkylation sites (N-methyl/N-ethyl adjacent to an activating group) is 1. The van der Waals surface area contributed by atoms with Crippen molar-refractivity contribution in [2.45, 2.75) is 194 Å². The number of amides is 7. The van der Waals surface area contributed by atoms with Gasteiger partial charge in [-0.1, -0.05) is 102 Å². The number of primary amides is 1. The van der Waals surface area contributed by atoms with Crippen molar-refractivity contribution in [2.24, 2.45) is 17.6 Å². The molecule has 1 aliphatic carbocycles. The zero-order valence-electron chi connectivity index (χ0n) is 44.2. The van der Waals surface area contributed by atoms with E-state index >= 15 is 0 Å². The van der Waals surface area contributed by atoms with Gasteiger partial charge in [0.25, 0.3) is 5.91 Å². The van der Waals surface area contributed by atoms with Gasteiger partial charge in [-0.25, -0.2) is 9.59 Å². The molecule has 2 aliphatic rings. The predicted octanol–water partition coefficient (Wildman–Crippen LogP) is 6.78. The number of benzene rings is 1. The third-order valence-electron chi connectivity index (χ3n) is 12.9. The lowest BCUT2D eigenvalue weighted by atomic mass is 9.90. The highest BCUT2D eigenvalue weighted by molar-refractivity contribution is 5.98. The molecule has 3 rings (SSSR count). The zero-order chi connectivity index (χ0) is 52.5. The van der Waals surface area contributed by atoms with Crippen LogP contribution in [-0.4, -0.2) is 127 Å². The number of likely N-dealkylation sites (tertiary alicyclic amines) is 1. The lowest BCUT2D eigenvalue weighted by Gasteiger charge is -2.33. The highest BCUT2D eigenvalue weighted by atomic mass is 16.6. The molecule has 5 atom stereocenters. The Bertz CT molecular complexity index is 1870. The van der Waals surface area contributed by atoms with Gasteiger partial charge in [-0.15, -0.1) is 0 Å². The van der Waals surface area contributed by atoms with E-state index in [0.29, 0.717) is 69.4 Å². The van der Waals surface area contributed by atoms with Gasteiger partial charge in [-0.2, -0.15) is 0 Å². The molecular formula is C53H87N7O11. The van der Waals surface area contributed by atoms with Gasteiger partial charge in [-0.05, 0) is 84.6 Å². The molecule has 1 saturated carbocycles.